The van der Waals surface area contributed by atoms with Crippen LogP contribution in [0.5, 0.6) is 0 Å². The summed E-state index contributed by atoms with van der Waals surface area (Å²) in [5.41, 5.74) is 9.15. The number of furan rings is 1. The van der Waals surface area contributed by atoms with Crippen LogP contribution in [0.3, 0.4) is 0 Å². The van der Waals surface area contributed by atoms with Crippen molar-refractivity contribution in [2.45, 2.75) is 0 Å². The van der Waals surface area contributed by atoms with Gasteiger partial charge in [-0.3, -0.25) is 0 Å². The predicted molar refractivity (Wildman–Crippen MR) is 218 cm³/mol. The third-order valence-corrected chi connectivity index (χ3v) is 10.8. The number of fused-ring (bicyclic) bond motifs is 10. The Labute approximate surface area is 294 Å². The lowest BCUT2D eigenvalue weighted by molar-refractivity contribution is 0.669. The molecular weight excluding hydrogens is 617 g/mol. The van der Waals surface area contributed by atoms with Gasteiger partial charge in [0.1, 0.15) is 11.2 Å². The first-order chi connectivity index (χ1) is 25.3. The highest BCUT2D eigenvalue weighted by atomic mass is 16.3. The number of rotatable bonds is 3. The molecule has 51 heavy (non-hydrogen) atoms. The molecule has 0 atom stereocenters. The largest absolute Gasteiger partial charge is 0.456 e. The highest BCUT2D eigenvalue weighted by Gasteiger charge is 2.22. The maximum absolute atomic E-state index is 6.60. The average Bonchev–Trinajstić information content (AvgIpc) is 3.60. The summed E-state index contributed by atoms with van der Waals surface area (Å²) in [7, 11) is 0. The van der Waals surface area contributed by atoms with Crippen molar-refractivity contribution in [3.63, 3.8) is 0 Å². The van der Waals surface area contributed by atoms with Gasteiger partial charge in [-0.15, -0.1) is 0 Å². The van der Waals surface area contributed by atoms with Crippen molar-refractivity contribution in [2.24, 2.45) is 0 Å². The molecule has 1 nitrogen and oxygen atoms in total. The lowest BCUT2D eigenvalue weighted by Gasteiger charge is -2.20. The summed E-state index contributed by atoms with van der Waals surface area (Å²) in [4.78, 5) is 0. The summed E-state index contributed by atoms with van der Waals surface area (Å²) in [5, 5.41) is 14.7. The molecule has 236 valence electrons. The van der Waals surface area contributed by atoms with Gasteiger partial charge in [0.25, 0.3) is 0 Å². The fourth-order valence-electron chi connectivity index (χ4n) is 8.62. The van der Waals surface area contributed by atoms with E-state index in [0.717, 1.165) is 16.6 Å². The molecule has 0 amide bonds. The van der Waals surface area contributed by atoms with Crippen LogP contribution in [0.15, 0.2) is 186 Å². The molecule has 0 radical (unpaired) electrons. The van der Waals surface area contributed by atoms with Gasteiger partial charge in [0.05, 0.1) is 0 Å². The molecule has 0 N–H and O–H groups in total. The van der Waals surface area contributed by atoms with Gasteiger partial charge in [-0.05, 0) is 105 Å². The van der Waals surface area contributed by atoms with E-state index >= 15 is 0 Å². The summed E-state index contributed by atoms with van der Waals surface area (Å²) in [6.45, 7) is 0. The second kappa shape index (κ2) is 10.9. The topological polar surface area (TPSA) is 13.1 Å². The molecule has 1 heterocycles. The van der Waals surface area contributed by atoms with Gasteiger partial charge in [-0.25, -0.2) is 0 Å². The van der Waals surface area contributed by atoms with Gasteiger partial charge in [-0.1, -0.05) is 164 Å². The van der Waals surface area contributed by atoms with E-state index in [-0.39, 0.29) is 0 Å². The second-order valence-corrected chi connectivity index (χ2v) is 13.5. The Morgan fingerprint density at radius 3 is 1.67 bits per heavy atom. The van der Waals surface area contributed by atoms with Crippen LogP contribution in [0.4, 0.5) is 0 Å². The number of hydrogen-bond donors (Lipinski definition) is 0. The zero-order valence-electron chi connectivity index (χ0n) is 27.7. The highest BCUT2D eigenvalue weighted by Crippen LogP contribution is 2.49. The Morgan fingerprint density at radius 2 is 0.843 bits per heavy atom. The van der Waals surface area contributed by atoms with Gasteiger partial charge in [0, 0.05) is 10.8 Å². The molecule has 0 saturated carbocycles. The highest BCUT2D eigenvalue weighted by molar-refractivity contribution is 6.30. The third-order valence-electron chi connectivity index (χ3n) is 10.8. The van der Waals surface area contributed by atoms with Crippen LogP contribution in [0.1, 0.15) is 0 Å². The van der Waals surface area contributed by atoms with E-state index < -0.39 is 0 Å². The molecule has 0 bridgehead atoms. The van der Waals surface area contributed by atoms with Crippen LogP contribution in [-0.4, -0.2) is 0 Å². The molecule has 0 aliphatic rings. The monoisotopic (exact) mass is 646 g/mol. The Kier molecular flexibility index (Phi) is 6.02. The normalized spacial score (nSPS) is 11.9. The number of hydrogen-bond acceptors (Lipinski definition) is 1. The molecule has 0 aliphatic carbocycles. The zero-order valence-corrected chi connectivity index (χ0v) is 27.7. The summed E-state index contributed by atoms with van der Waals surface area (Å²) in [6.07, 6.45) is 0. The Bertz CT molecular complexity index is 3180. The van der Waals surface area contributed by atoms with Crippen LogP contribution in [0.2, 0.25) is 0 Å². The molecule has 0 unspecified atom stereocenters. The smallest absolute Gasteiger partial charge is 0.136 e. The lowest BCUT2D eigenvalue weighted by Crippen LogP contribution is -1.93. The van der Waals surface area contributed by atoms with E-state index in [1.54, 1.807) is 0 Å². The first kappa shape index (κ1) is 28.2. The SMILES string of the molecule is c1ccc(-c2ccc3c(-c4cccc5oc6ccc7ccccc7c6c45)c4ccccc4c(-c4cccc5c4ccc4ccccc45)c3c2)cc1. The third kappa shape index (κ3) is 4.16. The summed E-state index contributed by atoms with van der Waals surface area (Å²) < 4.78 is 6.60. The first-order valence-electron chi connectivity index (χ1n) is 17.6. The quantitative estimate of drug-likeness (QED) is 0.138. The fourth-order valence-corrected chi connectivity index (χ4v) is 8.62. The van der Waals surface area contributed by atoms with Crippen LogP contribution in [-0.2, 0) is 0 Å². The molecule has 0 spiro atoms. The lowest BCUT2D eigenvalue weighted by atomic mass is 9.82. The van der Waals surface area contributed by atoms with Crippen molar-refractivity contribution >= 4 is 75.8 Å². The van der Waals surface area contributed by atoms with E-state index in [1.807, 2.05) is 0 Å². The first-order valence-corrected chi connectivity index (χ1v) is 17.6. The Morgan fingerprint density at radius 1 is 0.275 bits per heavy atom. The van der Waals surface area contributed by atoms with Gasteiger partial charge in [-0.2, -0.15) is 0 Å². The van der Waals surface area contributed by atoms with E-state index in [1.165, 1.54) is 92.6 Å². The molecule has 0 saturated heterocycles. The van der Waals surface area contributed by atoms with Crippen molar-refractivity contribution in [1.82, 2.24) is 0 Å². The van der Waals surface area contributed by atoms with Gasteiger partial charge in [0.2, 0.25) is 0 Å². The van der Waals surface area contributed by atoms with E-state index in [9.17, 15) is 0 Å². The average molecular weight is 647 g/mol. The summed E-state index contributed by atoms with van der Waals surface area (Å²) in [6, 6.07) is 66.3. The van der Waals surface area contributed by atoms with E-state index in [4.69, 9.17) is 4.42 Å². The van der Waals surface area contributed by atoms with Gasteiger partial charge >= 0.3 is 0 Å². The maximum atomic E-state index is 6.60. The molecule has 0 fully saturated rings. The van der Waals surface area contributed by atoms with E-state index in [0.29, 0.717) is 0 Å². The Hall–Kier alpha value is -6.70. The van der Waals surface area contributed by atoms with Gasteiger partial charge < -0.3 is 4.42 Å². The van der Waals surface area contributed by atoms with E-state index in [2.05, 4.69) is 182 Å². The van der Waals surface area contributed by atoms with Crippen LogP contribution in [0, 0.1) is 0 Å². The molecule has 1 aromatic heterocycles. The number of benzene rings is 10. The molecule has 11 aromatic rings. The van der Waals surface area contributed by atoms with Crippen LogP contribution < -0.4 is 0 Å². The molecule has 11 rings (SSSR count). The van der Waals surface area contributed by atoms with Crippen molar-refractivity contribution in [2.75, 3.05) is 0 Å². The van der Waals surface area contributed by atoms with Gasteiger partial charge in [0.15, 0.2) is 0 Å². The van der Waals surface area contributed by atoms with Crippen molar-refractivity contribution in [1.29, 1.82) is 0 Å². The van der Waals surface area contributed by atoms with Crippen LogP contribution in [0.25, 0.3) is 109 Å². The summed E-state index contributed by atoms with van der Waals surface area (Å²) >= 11 is 0. The minimum Gasteiger partial charge on any atom is -0.456 e. The van der Waals surface area contributed by atoms with Crippen molar-refractivity contribution < 1.29 is 4.42 Å². The predicted octanol–water partition coefficient (Wildman–Crippen LogP) is 14.4. The minimum absolute atomic E-state index is 0.905. The summed E-state index contributed by atoms with van der Waals surface area (Å²) in [5.74, 6) is 0. The molecule has 10 aromatic carbocycles. The van der Waals surface area contributed by atoms with Crippen molar-refractivity contribution in [3.05, 3.63) is 182 Å². The minimum atomic E-state index is 0.905. The molecule has 1 heteroatoms. The van der Waals surface area contributed by atoms with Crippen molar-refractivity contribution in [3.8, 4) is 33.4 Å². The maximum Gasteiger partial charge on any atom is 0.136 e. The molecule has 0 aliphatic heterocycles. The zero-order chi connectivity index (χ0) is 33.5. The second-order valence-electron chi connectivity index (χ2n) is 13.5. The Balaban J connectivity index is 1.33. The fraction of sp³-hybridized carbons (Fsp3) is 0. The molecular formula is C50H30O. The van der Waals surface area contributed by atoms with Crippen LogP contribution >= 0.6 is 0 Å². The standard InChI is InChI=1S/C50H30O/c1-2-12-31(13-3-1)34-25-28-42-44(30-34)48(39-21-10-20-37-35-16-6-4-14-32(35)24-27-38(37)39)41-19-9-8-18-40(41)47(42)43-22-11-23-45-50(43)49-36-17-7-5-15-33(36)26-29-46(49)51-45/h1-30H.